The molecule has 3 N–H and O–H groups in total. The third-order valence-corrected chi connectivity index (χ3v) is 12.1. The summed E-state index contributed by atoms with van der Waals surface area (Å²) in [5.41, 5.74) is 1.66. The van der Waals surface area contributed by atoms with Crippen LogP contribution >= 0.6 is 0 Å². The van der Waals surface area contributed by atoms with E-state index in [-0.39, 0.29) is 66.2 Å². The maximum absolute atomic E-state index is 14.3. The number of ether oxygens (including phenoxy) is 3. The van der Waals surface area contributed by atoms with Crippen molar-refractivity contribution in [1.29, 1.82) is 0 Å². The highest BCUT2D eigenvalue weighted by Gasteiger charge is 2.45. The second-order valence-electron chi connectivity index (χ2n) is 16.8. The first kappa shape index (κ1) is 51.2. The van der Waals surface area contributed by atoms with Gasteiger partial charge in [-0.05, 0) is 50.6 Å². The Morgan fingerprint density at radius 1 is 0.750 bits per heavy atom. The van der Waals surface area contributed by atoms with Gasteiger partial charge < -0.3 is 34.2 Å². The molecule has 0 bridgehead atoms. The third kappa shape index (κ3) is 13.1. The molecule has 15 heteroatoms. The molecule has 1 fully saturated rings. The number of nitrogens with zero attached hydrogens (tertiary/aromatic N) is 4. The lowest BCUT2D eigenvalue weighted by atomic mass is 9.88. The Morgan fingerprint density at radius 3 is 1.66 bits per heavy atom. The van der Waals surface area contributed by atoms with Crippen molar-refractivity contribution in [3.05, 3.63) is 0 Å². The van der Waals surface area contributed by atoms with Gasteiger partial charge in [0.05, 0.1) is 61.2 Å². The highest BCUT2D eigenvalue weighted by Crippen LogP contribution is 2.31. The number of nitrogens with one attached hydrogen (secondary N) is 2. The van der Waals surface area contributed by atoms with Gasteiger partial charge in [-0.2, -0.15) is 0 Å². The van der Waals surface area contributed by atoms with Crippen molar-refractivity contribution >= 4 is 29.5 Å². The first-order valence-corrected chi connectivity index (χ1v) is 20.5. The molecule has 15 nitrogen and oxygen atoms in total. The average molecular weight is 799 g/mol. The van der Waals surface area contributed by atoms with Gasteiger partial charge in [-0.15, -0.1) is 0 Å². The molecule has 1 rings (SSSR count). The summed E-state index contributed by atoms with van der Waals surface area (Å²) in [6.07, 6.45) is 0.751. The van der Waals surface area contributed by atoms with Crippen LogP contribution in [0.1, 0.15) is 101 Å². The van der Waals surface area contributed by atoms with Crippen LogP contribution in [-0.2, 0) is 38.2 Å². The molecule has 56 heavy (non-hydrogen) atoms. The molecule has 0 aromatic heterocycles. The molecule has 11 atom stereocenters. The zero-order valence-electron chi connectivity index (χ0n) is 37.5. The van der Waals surface area contributed by atoms with E-state index in [0.717, 1.165) is 19.3 Å². The normalized spacial score (nSPS) is 20.1. The molecule has 1 heterocycles. The van der Waals surface area contributed by atoms with E-state index in [2.05, 4.69) is 5.32 Å². The fourth-order valence-corrected chi connectivity index (χ4v) is 8.68. The van der Waals surface area contributed by atoms with Crippen molar-refractivity contribution in [2.75, 3.05) is 56.1 Å². The van der Waals surface area contributed by atoms with E-state index in [0.29, 0.717) is 13.0 Å². The number of likely N-dealkylation sites (tertiary alicyclic amines) is 1. The van der Waals surface area contributed by atoms with Crippen molar-refractivity contribution in [3.63, 3.8) is 0 Å². The zero-order chi connectivity index (χ0) is 43.2. The van der Waals surface area contributed by atoms with Gasteiger partial charge in [-0.1, -0.05) is 75.2 Å². The molecule has 0 spiro atoms. The van der Waals surface area contributed by atoms with Crippen LogP contribution in [0.5, 0.6) is 0 Å². The maximum Gasteiger partial charge on any atom is 0.246 e. The largest absolute Gasteiger partial charge is 0.379 e. The summed E-state index contributed by atoms with van der Waals surface area (Å²) in [5.74, 6) is -2.31. The lowest BCUT2D eigenvalue weighted by Crippen LogP contribution is -2.59. The fourth-order valence-electron chi connectivity index (χ4n) is 8.68. The molecular weight excluding hydrogens is 720 g/mol. The summed E-state index contributed by atoms with van der Waals surface area (Å²) in [7, 11) is 11.7. The molecule has 1 aliphatic heterocycles. The number of likely N-dealkylation sites (N-methyl/N-ethyl adjacent to an activating group) is 3. The summed E-state index contributed by atoms with van der Waals surface area (Å²) in [6.45, 7) is 18.1. The van der Waals surface area contributed by atoms with Gasteiger partial charge in [0.25, 0.3) is 0 Å². The minimum atomic E-state index is -0.776. The quantitative estimate of drug-likeness (QED) is 0.0972. The van der Waals surface area contributed by atoms with Gasteiger partial charge in [0.1, 0.15) is 6.04 Å². The zero-order valence-corrected chi connectivity index (χ0v) is 37.5. The molecule has 0 aromatic rings. The molecule has 0 aromatic carbocycles. The molecule has 0 aliphatic carbocycles. The van der Waals surface area contributed by atoms with E-state index in [1.54, 1.807) is 55.4 Å². The smallest absolute Gasteiger partial charge is 0.246 e. The fraction of sp³-hybridized carbons (Fsp3) is 0.878. The number of carbonyl (C=O) groups is 5. The Hall–Kier alpha value is -2.85. The van der Waals surface area contributed by atoms with Gasteiger partial charge >= 0.3 is 0 Å². The van der Waals surface area contributed by atoms with Crippen LogP contribution < -0.4 is 10.8 Å². The van der Waals surface area contributed by atoms with Crippen molar-refractivity contribution in [2.45, 2.75) is 149 Å². The average Bonchev–Trinajstić information content (AvgIpc) is 3.64. The van der Waals surface area contributed by atoms with E-state index < -0.39 is 54.3 Å². The Bertz CT molecular complexity index is 1240. The van der Waals surface area contributed by atoms with Gasteiger partial charge in [0.2, 0.25) is 29.5 Å². The SMILES string of the molecule is CCC(C)C(C(CC(=O)NO)OC)N(C)C(=O)C(C)C(OC)C1CCCN1C(=O)CC(OC)C(C(C)CC)N(C)C(=O)C(NC(=O)C(C(C)C)N(C)C)C(C)C. The highest BCUT2D eigenvalue weighted by atomic mass is 16.5. The Kier molecular flexibility index (Phi) is 22.1. The van der Waals surface area contributed by atoms with Crippen LogP contribution in [0.2, 0.25) is 0 Å². The van der Waals surface area contributed by atoms with Crippen LogP contribution in [0, 0.1) is 29.6 Å². The molecule has 5 amide bonds. The van der Waals surface area contributed by atoms with Crippen LogP contribution in [0.3, 0.4) is 0 Å². The predicted octanol–water partition coefficient (Wildman–Crippen LogP) is 3.42. The van der Waals surface area contributed by atoms with Crippen molar-refractivity contribution < 1.29 is 43.4 Å². The third-order valence-electron chi connectivity index (χ3n) is 12.1. The molecule has 0 radical (unpaired) electrons. The van der Waals surface area contributed by atoms with Crippen LogP contribution in [0.25, 0.3) is 0 Å². The van der Waals surface area contributed by atoms with Crippen LogP contribution in [-0.4, -0.2) is 159 Å². The lowest BCUT2D eigenvalue weighted by Gasteiger charge is -2.42. The Balaban J connectivity index is 3.38. The van der Waals surface area contributed by atoms with Crippen molar-refractivity contribution in [3.8, 4) is 0 Å². The van der Waals surface area contributed by atoms with Gasteiger partial charge in [0, 0.05) is 42.0 Å². The Morgan fingerprint density at radius 2 is 1.25 bits per heavy atom. The van der Waals surface area contributed by atoms with Crippen molar-refractivity contribution in [2.24, 2.45) is 29.6 Å². The number of rotatable bonds is 24. The maximum atomic E-state index is 14.3. The number of hydroxylamine groups is 1. The van der Waals surface area contributed by atoms with E-state index in [9.17, 15) is 29.2 Å². The summed E-state index contributed by atoms with van der Waals surface area (Å²) >= 11 is 0. The summed E-state index contributed by atoms with van der Waals surface area (Å²) in [6, 6.07) is -2.51. The highest BCUT2D eigenvalue weighted by molar-refractivity contribution is 5.90. The molecule has 1 aliphatic rings. The lowest BCUT2D eigenvalue weighted by molar-refractivity contribution is -0.152. The number of methoxy groups -OCH3 is 3. The minimum Gasteiger partial charge on any atom is -0.379 e. The number of hydrogen-bond acceptors (Lipinski definition) is 10. The molecule has 11 unspecified atom stereocenters. The summed E-state index contributed by atoms with van der Waals surface area (Å²) in [4.78, 5) is 75.3. The molecular formula is C41H78N6O9. The number of hydrogen-bond donors (Lipinski definition) is 3. The predicted molar refractivity (Wildman–Crippen MR) is 217 cm³/mol. The number of carbonyl (C=O) groups excluding carboxylic acids is 5. The van der Waals surface area contributed by atoms with Crippen LogP contribution in [0.15, 0.2) is 0 Å². The second kappa shape index (κ2) is 24.2. The van der Waals surface area contributed by atoms with E-state index >= 15 is 0 Å². The van der Waals surface area contributed by atoms with Crippen LogP contribution in [0.4, 0.5) is 0 Å². The standard InChI is InChI=1S/C41H78N6O9/c1-17-26(7)36(30(54-14)22-32(48)43-53)45(12)40(51)28(9)38(56-16)29-20-19-21-47(29)33(49)23-31(55-15)37(27(8)18-2)46(13)41(52)34(24(3)4)42-39(50)35(25(5)6)44(10)11/h24-31,34-38,53H,17-23H2,1-16H3,(H,42,50)(H,43,48). The van der Waals surface area contributed by atoms with E-state index in [4.69, 9.17) is 14.2 Å². The molecule has 326 valence electrons. The van der Waals surface area contributed by atoms with Gasteiger partial charge in [-0.3, -0.25) is 34.1 Å². The minimum absolute atomic E-state index is 0.00553. The van der Waals surface area contributed by atoms with Crippen molar-refractivity contribution in [1.82, 2.24) is 30.4 Å². The van der Waals surface area contributed by atoms with E-state index in [1.807, 2.05) is 74.4 Å². The summed E-state index contributed by atoms with van der Waals surface area (Å²) < 4.78 is 17.7. The number of amides is 5. The van der Waals surface area contributed by atoms with Gasteiger partial charge in [0.15, 0.2) is 0 Å². The monoisotopic (exact) mass is 799 g/mol. The first-order chi connectivity index (χ1) is 26.2. The second-order valence-corrected chi connectivity index (χ2v) is 16.8. The Labute approximate surface area is 337 Å². The molecule has 1 saturated heterocycles. The summed E-state index contributed by atoms with van der Waals surface area (Å²) in [5, 5.41) is 12.2. The van der Waals surface area contributed by atoms with Gasteiger partial charge in [-0.25, -0.2) is 5.48 Å². The first-order valence-electron chi connectivity index (χ1n) is 20.5. The molecule has 0 saturated carbocycles. The topological polar surface area (TPSA) is 170 Å². The van der Waals surface area contributed by atoms with E-state index in [1.165, 1.54) is 7.11 Å².